The summed E-state index contributed by atoms with van der Waals surface area (Å²) in [6, 6.07) is 9.78. The van der Waals surface area contributed by atoms with Gasteiger partial charge in [-0.1, -0.05) is 43.0 Å². The zero-order valence-electron chi connectivity index (χ0n) is 13.0. The van der Waals surface area contributed by atoms with Crippen molar-refractivity contribution < 1.29 is 19.0 Å². The van der Waals surface area contributed by atoms with E-state index in [1.165, 1.54) is 0 Å². The Bertz CT molecular complexity index is 535. The Labute approximate surface area is 131 Å². The molecule has 1 fully saturated rings. The maximum atomic E-state index is 11.6. The van der Waals surface area contributed by atoms with Crippen LogP contribution in [-0.4, -0.2) is 24.0 Å². The first-order valence-electron chi connectivity index (χ1n) is 7.31. The zero-order chi connectivity index (χ0) is 16.2. The van der Waals surface area contributed by atoms with Crippen molar-refractivity contribution in [2.45, 2.75) is 44.4 Å². The number of carbonyl (C=O) groups excluding carboxylic acids is 1. The van der Waals surface area contributed by atoms with Gasteiger partial charge in [-0.3, -0.25) is 0 Å². The first-order valence-corrected chi connectivity index (χ1v) is 7.31. The van der Waals surface area contributed by atoms with Gasteiger partial charge in [-0.05, 0) is 19.4 Å². The lowest BCUT2D eigenvalue weighted by atomic mass is 9.98. The molecule has 0 radical (unpaired) electrons. The first kappa shape index (κ1) is 16.5. The van der Waals surface area contributed by atoms with E-state index < -0.39 is 24.0 Å². The van der Waals surface area contributed by atoms with Crippen LogP contribution in [0.25, 0.3) is 0 Å². The summed E-state index contributed by atoms with van der Waals surface area (Å²) in [6.07, 6.45) is 2.15. The zero-order valence-corrected chi connectivity index (χ0v) is 13.0. The van der Waals surface area contributed by atoms with Crippen LogP contribution in [0.15, 0.2) is 55.6 Å². The number of esters is 1. The fourth-order valence-corrected chi connectivity index (χ4v) is 2.57. The molecule has 0 unspecified atom stereocenters. The molecule has 0 aliphatic carbocycles. The van der Waals surface area contributed by atoms with Crippen LogP contribution in [0.1, 0.15) is 31.9 Å². The molecule has 0 spiro atoms. The topological polar surface area (TPSA) is 44.8 Å². The Kier molecular flexibility index (Phi) is 5.16. The van der Waals surface area contributed by atoms with E-state index in [9.17, 15) is 4.79 Å². The third-order valence-electron chi connectivity index (χ3n) is 3.46. The van der Waals surface area contributed by atoms with Crippen LogP contribution in [0.4, 0.5) is 0 Å². The summed E-state index contributed by atoms with van der Waals surface area (Å²) in [5, 5.41) is 0. The molecule has 1 aliphatic heterocycles. The number of ether oxygens (including phenoxy) is 3. The summed E-state index contributed by atoms with van der Waals surface area (Å²) in [5.74, 6) is -1.22. The van der Waals surface area contributed by atoms with Crippen molar-refractivity contribution in [3.05, 3.63) is 61.2 Å². The van der Waals surface area contributed by atoms with Gasteiger partial charge in [0.2, 0.25) is 0 Å². The Morgan fingerprint density at radius 3 is 2.59 bits per heavy atom. The molecule has 1 aromatic carbocycles. The second-order valence-electron chi connectivity index (χ2n) is 5.64. The van der Waals surface area contributed by atoms with Gasteiger partial charge < -0.3 is 14.2 Å². The first-order chi connectivity index (χ1) is 10.5. The van der Waals surface area contributed by atoms with Crippen LogP contribution in [0.5, 0.6) is 0 Å². The monoisotopic (exact) mass is 302 g/mol. The van der Waals surface area contributed by atoms with Crippen LogP contribution in [0.3, 0.4) is 0 Å². The molecule has 1 aromatic rings. The van der Waals surface area contributed by atoms with Crippen molar-refractivity contribution in [3.8, 4) is 0 Å². The van der Waals surface area contributed by atoms with Gasteiger partial charge in [-0.2, -0.15) is 0 Å². The number of hydrogen-bond acceptors (Lipinski definition) is 4. The van der Waals surface area contributed by atoms with Crippen molar-refractivity contribution >= 4 is 5.97 Å². The average molecular weight is 302 g/mol. The minimum Gasteiger partial charge on any atom is -0.456 e. The lowest BCUT2D eigenvalue weighted by molar-refractivity contribution is -0.167. The van der Waals surface area contributed by atoms with Gasteiger partial charge in [0.25, 0.3) is 0 Å². The van der Waals surface area contributed by atoms with Crippen molar-refractivity contribution in [2.75, 3.05) is 0 Å². The highest BCUT2D eigenvalue weighted by atomic mass is 16.8. The molecular weight excluding hydrogens is 280 g/mol. The van der Waals surface area contributed by atoms with Gasteiger partial charge in [0, 0.05) is 12.5 Å². The molecule has 0 N–H and O–H groups in total. The normalized spacial score (nSPS) is 24.5. The SMILES string of the molecule is C=CC[C@@H](OC(=O)C=C)[C@@H]1OC(C)(C)O[C@@H]1c1ccccc1. The predicted octanol–water partition coefficient (Wildman–Crippen LogP) is 3.55. The Hall–Kier alpha value is -1.91. The van der Waals surface area contributed by atoms with Gasteiger partial charge in [-0.25, -0.2) is 4.79 Å². The average Bonchev–Trinajstić information content (AvgIpc) is 2.83. The Morgan fingerprint density at radius 1 is 1.32 bits per heavy atom. The fourth-order valence-electron chi connectivity index (χ4n) is 2.57. The van der Waals surface area contributed by atoms with E-state index in [4.69, 9.17) is 14.2 Å². The highest BCUT2D eigenvalue weighted by Crippen LogP contribution is 2.41. The Balaban J connectivity index is 2.28. The van der Waals surface area contributed by atoms with Crippen LogP contribution >= 0.6 is 0 Å². The third kappa shape index (κ3) is 3.84. The molecule has 0 amide bonds. The van der Waals surface area contributed by atoms with Crippen molar-refractivity contribution in [1.82, 2.24) is 0 Å². The molecule has 22 heavy (non-hydrogen) atoms. The van der Waals surface area contributed by atoms with E-state index in [0.717, 1.165) is 11.6 Å². The standard InChI is InChI=1S/C18H22O4/c1-5-10-14(20-15(19)6-2)17-16(21-18(3,4)22-17)13-11-8-7-9-12-13/h5-9,11-12,14,16-17H,1-2,10H2,3-4H3/t14-,16-,17+/m1/s1. The van der Waals surface area contributed by atoms with Gasteiger partial charge in [-0.15, -0.1) is 6.58 Å². The number of carbonyl (C=O) groups is 1. The molecule has 1 heterocycles. The van der Waals surface area contributed by atoms with Gasteiger partial charge >= 0.3 is 5.97 Å². The molecule has 118 valence electrons. The van der Waals surface area contributed by atoms with Crippen LogP contribution in [0.2, 0.25) is 0 Å². The third-order valence-corrected chi connectivity index (χ3v) is 3.46. The lowest BCUT2D eigenvalue weighted by Crippen LogP contribution is -2.35. The quantitative estimate of drug-likeness (QED) is 0.458. The van der Waals surface area contributed by atoms with Gasteiger partial charge in [0.05, 0.1) is 0 Å². The molecule has 0 saturated carbocycles. The van der Waals surface area contributed by atoms with Crippen LogP contribution in [0, 0.1) is 0 Å². The fraction of sp³-hybridized carbons (Fsp3) is 0.389. The predicted molar refractivity (Wildman–Crippen MR) is 84.1 cm³/mol. The molecular formula is C18H22O4. The molecule has 4 nitrogen and oxygen atoms in total. The van der Waals surface area contributed by atoms with Crippen LogP contribution < -0.4 is 0 Å². The summed E-state index contributed by atoms with van der Waals surface area (Å²) < 4.78 is 17.4. The molecule has 0 aromatic heterocycles. The highest BCUT2D eigenvalue weighted by molar-refractivity contribution is 5.81. The van der Waals surface area contributed by atoms with E-state index in [0.29, 0.717) is 6.42 Å². The van der Waals surface area contributed by atoms with E-state index in [1.54, 1.807) is 6.08 Å². The molecule has 2 rings (SSSR count). The number of hydrogen-bond donors (Lipinski definition) is 0. The summed E-state index contributed by atoms with van der Waals surface area (Å²) in [4.78, 5) is 11.6. The summed E-state index contributed by atoms with van der Waals surface area (Å²) >= 11 is 0. The van der Waals surface area contributed by atoms with E-state index in [-0.39, 0.29) is 6.10 Å². The summed E-state index contributed by atoms with van der Waals surface area (Å²) in [5.41, 5.74) is 0.988. The number of rotatable bonds is 6. The second kappa shape index (κ2) is 6.90. The lowest BCUT2D eigenvalue weighted by Gasteiger charge is -2.25. The highest BCUT2D eigenvalue weighted by Gasteiger charge is 2.46. The molecule has 3 atom stereocenters. The maximum absolute atomic E-state index is 11.6. The summed E-state index contributed by atoms with van der Waals surface area (Å²) in [7, 11) is 0. The van der Waals surface area contributed by atoms with Crippen molar-refractivity contribution in [3.63, 3.8) is 0 Å². The van der Waals surface area contributed by atoms with Gasteiger partial charge in [0.15, 0.2) is 5.79 Å². The van der Waals surface area contributed by atoms with Crippen molar-refractivity contribution in [1.29, 1.82) is 0 Å². The minimum atomic E-state index is -0.745. The Morgan fingerprint density at radius 2 is 2.00 bits per heavy atom. The largest absolute Gasteiger partial charge is 0.456 e. The number of benzene rings is 1. The van der Waals surface area contributed by atoms with E-state index >= 15 is 0 Å². The molecule has 0 bridgehead atoms. The van der Waals surface area contributed by atoms with Gasteiger partial charge in [0.1, 0.15) is 18.3 Å². The van der Waals surface area contributed by atoms with Crippen LogP contribution in [-0.2, 0) is 19.0 Å². The molecule has 4 heteroatoms. The molecule has 1 aliphatic rings. The van der Waals surface area contributed by atoms with E-state index in [2.05, 4.69) is 13.2 Å². The van der Waals surface area contributed by atoms with Crippen molar-refractivity contribution in [2.24, 2.45) is 0 Å². The van der Waals surface area contributed by atoms with E-state index in [1.807, 2.05) is 44.2 Å². The summed E-state index contributed by atoms with van der Waals surface area (Å²) in [6.45, 7) is 10.9. The smallest absolute Gasteiger partial charge is 0.330 e. The second-order valence-corrected chi connectivity index (χ2v) is 5.64. The maximum Gasteiger partial charge on any atom is 0.330 e. The molecule has 1 saturated heterocycles. The minimum absolute atomic E-state index is 0.307.